The number of anilines is 1. The number of sulfonamides is 1. The number of halogens is 3. The fourth-order valence-electron chi connectivity index (χ4n) is 3.53. The van der Waals surface area contributed by atoms with Crippen LogP contribution < -0.4 is 9.62 Å². The van der Waals surface area contributed by atoms with Crippen LogP contribution in [-0.4, -0.2) is 49.5 Å². The summed E-state index contributed by atoms with van der Waals surface area (Å²) in [6.45, 7) is 6.89. The van der Waals surface area contributed by atoms with Crippen LogP contribution in [0.25, 0.3) is 0 Å². The molecule has 2 amide bonds. The molecule has 0 fully saturated rings. The minimum absolute atomic E-state index is 0.0409. The molecule has 2 aromatic carbocycles. The van der Waals surface area contributed by atoms with E-state index < -0.39 is 33.3 Å². The number of carbonyl (C=O) groups excluding carboxylic acids is 2. The van der Waals surface area contributed by atoms with E-state index in [0.29, 0.717) is 5.02 Å². The second-order valence-corrected chi connectivity index (χ2v) is 12.3. The molecule has 1 N–H and O–H groups in total. The number of nitrogens with zero attached hydrogens (tertiary/aromatic N) is 2. The van der Waals surface area contributed by atoms with Crippen molar-refractivity contribution in [1.29, 1.82) is 0 Å². The van der Waals surface area contributed by atoms with Gasteiger partial charge < -0.3 is 10.2 Å². The molecule has 198 valence electrons. The van der Waals surface area contributed by atoms with Gasteiger partial charge in [-0.05, 0) is 58.4 Å². The van der Waals surface area contributed by atoms with Gasteiger partial charge in [0, 0.05) is 35.6 Å². The highest BCUT2D eigenvalue weighted by Crippen LogP contribution is 2.31. The molecule has 0 radical (unpaired) electrons. The van der Waals surface area contributed by atoms with Crippen LogP contribution in [0.15, 0.2) is 42.5 Å². The van der Waals surface area contributed by atoms with Gasteiger partial charge in [0.15, 0.2) is 0 Å². The zero-order valence-corrected chi connectivity index (χ0v) is 23.3. The van der Waals surface area contributed by atoms with Crippen molar-refractivity contribution in [3.63, 3.8) is 0 Å². The van der Waals surface area contributed by atoms with Crippen molar-refractivity contribution in [2.75, 3.05) is 17.1 Å². The number of hydrogen-bond acceptors (Lipinski definition) is 4. The number of nitrogens with one attached hydrogen (secondary N) is 1. The zero-order valence-electron chi connectivity index (χ0n) is 21.0. The Hall–Kier alpha value is -2.36. The SMILES string of the molecule is C[C@H](C(=O)NC(C)(C)C)N(Cc1ccccc1F)C(=O)CCCN(c1cc(Cl)ccc1Cl)S(C)(=O)=O. The average Bonchev–Trinajstić information content (AvgIpc) is 2.75. The molecular formula is C25H32Cl2FN3O4S. The predicted molar refractivity (Wildman–Crippen MR) is 142 cm³/mol. The number of hydrogen-bond donors (Lipinski definition) is 1. The van der Waals surface area contributed by atoms with Crippen molar-refractivity contribution in [2.24, 2.45) is 0 Å². The van der Waals surface area contributed by atoms with E-state index in [0.717, 1.165) is 10.6 Å². The van der Waals surface area contributed by atoms with Crippen molar-refractivity contribution in [2.45, 2.75) is 58.7 Å². The van der Waals surface area contributed by atoms with Gasteiger partial charge in [-0.3, -0.25) is 13.9 Å². The maximum Gasteiger partial charge on any atom is 0.242 e. The lowest BCUT2D eigenvalue weighted by molar-refractivity contribution is -0.141. The number of rotatable bonds is 10. The molecular weight excluding hydrogens is 528 g/mol. The van der Waals surface area contributed by atoms with Gasteiger partial charge in [-0.15, -0.1) is 0 Å². The third-order valence-electron chi connectivity index (χ3n) is 5.29. The molecule has 0 spiro atoms. The minimum atomic E-state index is -3.73. The lowest BCUT2D eigenvalue weighted by atomic mass is 10.1. The van der Waals surface area contributed by atoms with Crippen LogP contribution in [0.2, 0.25) is 10.0 Å². The normalized spacial score (nSPS) is 12.7. The van der Waals surface area contributed by atoms with E-state index in [1.165, 1.54) is 23.1 Å². The molecule has 0 aliphatic carbocycles. The summed E-state index contributed by atoms with van der Waals surface area (Å²) in [6, 6.07) is 9.63. The van der Waals surface area contributed by atoms with Crippen molar-refractivity contribution < 1.29 is 22.4 Å². The standard InChI is InChI=1S/C25H32Cl2FN3O4S/c1-17(24(33)29-25(2,3)4)30(16-18-9-6-7-10-21(18)28)23(32)11-8-14-31(36(5,34)35)22-15-19(26)12-13-20(22)27/h6-7,9-10,12-13,15,17H,8,11,14,16H2,1-5H3,(H,29,33)/t17-/m1/s1. The van der Waals surface area contributed by atoms with Crippen LogP contribution >= 0.6 is 23.2 Å². The van der Waals surface area contributed by atoms with Gasteiger partial charge in [-0.1, -0.05) is 41.4 Å². The largest absolute Gasteiger partial charge is 0.350 e. The number of amides is 2. The highest BCUT2D eigenvalue weighted by atomic mass is 35.5. The van der Waals surface area contributed by atoms with E-state index in [-0.39, 0.29) is 48.1 Å². The molecule has 0 unspecified atom stereocenters. The molecule has 0 bridgehead atoms. The molecule has 1 atom stereocenters. The second-order valence-electron chi connectivity index (χ2n) is 9.56. The zero-order chi connectivity index (χ0) is 27.3. The van der Waals surface area contributed by atoms with E-state index in [9.17, 15) is 22.4 Å². The second kappa shape index (κ2) is 12.3. The first-order valence-electron chi connectivity index (χ1n) is 11.4. The fourth-order valence-corrected chi connectivity index (χ4v) is 4.93. The Labute approximate surface area is 222 Å². The Bertz CT molecular complexity index is 1200. The summed E-state index contributed by atoms with van der Waals surface area (Å²) >= 11 is 12.2. The summed E-state index contributed by atoms with van der Waals surface area (Å²) in [4.78, 5) is 27.4. The van der Waals surface area contributed by atoms with Crippen LogP contribution in [0.5, 0.6) is 0 Å². The highest BCUT2D eigenvalue weighted by molar-refractivity contribution is 7.92. The average molecular weight is 561 g/mol. The maximum absolute atomic E-state index is 14.4. The summed E-state index contributed by atoms with van der Waals surface area (Å²) in [7, 11) is -3.73. The molecule has 0 saturated heterocycles. The molecule has 0 saturated carbocycles. The summed E-state index contributed by atoms with van der Waals surface area (Å²) in [5, 5.41) is 3.35. The van der Waals surface area contributed by atoms with E-state index >= 15 is 0 Å². The summed E-state index contributed by atoms with van der Waals surface area (Å²) in [5.41, 5.74) is -0.0467. The van der Waals surface area contributed by atoms with Gasteiger partial charge in [0.25, 0.3) is 0 Å². The first-order chi connectivity index (χ1) is 16.6. The van der Waals surface area contributed by atoms with Crippen LogP contribution in [0.1, 0.15) is 46.1 Å². The quantitative estimate of drug-likeness (QED) is 0.443. The monoisotopic (exact) mass is 559 g/mol. The van der Waals surface area contributed by atoms with Crippen molar-refractivity contribution in [3.8, 4) is 0 Å². The van der Waals surface area contributed by atoms with Crippen LogP contribution in [0.3, 0.4) is 0 Å². The first kappa shape index (κ1) is 29.9. The molecule has 0 heterocycles. The Morgan fingerprint density at radius 2 is 1.75 bits per heavy atom. The molecule has 2 aromatic rings. The van der Waals surface area contributed by atoms with Crippen LogP contribution in [0, 0.1) is 5.82 Å². The third kappa shape index (κ3) is 8.64. The Morgan fingerprint density at radius 1 is 1.11 bits per heavy atom. The molecule has 11 heteroatoms. The van der Waals surface area contributed by atoms with Gasteiger partial charge in [-0.2, -0.15) is 0 Å². The van der Waals surface area contributed by atoms with Crippen LogP contribution in [-0.2, 0) is 26.2 Å². The van der Waals surface area contributed by atoms with E-state index in [2.05, 4.69) is 5.32 Å². The molecule has 36 heavy (non-hydrogen) atoms. The summed E-state index contributed by atoms with van der Waals surface area (Å²) < 4.78 is 40.3. The maximum atomic E-state index is 14.4. The first-order valence-corrected chi connectivity index (χ1v) is 14.0. The van der Waals surface area contributed by atoms with Gasteiger partial charge in [0.1, 0.15) is 11.9 Å². The molecule has 2 rings (SSSR count). The van der Waals surface area contributed by atoms with Gasteiger partial charge in [-0.25, -0.2) is 12.8 Å². The van der Waals surface area contributed by atoms with Crippen molar-refractivity contribution >= 4 is 50.7 Å². The lowest BCUT2D eigenvalue weighted by Gasteiger charge is -2.32. The predicted octanol–water partition coefficient (Wildman–Crippen LogP) is 5.01. The fraction of sp³-hybridized carbons (Fsp3) is 0.440. The van der Waals surface area contributed by atoms with Gasteiger partial charge >= 0.3 is 0 Å². The van der Waals surface area contributed by atoms with Crippen LogP contribution in [0.4, 0.5) is 10.1 Å². The summed E-state index contributed by atoms with van der Waals surface area (Å²) in [6.07, 6.45) is 1.09. The third-order valence-corrected chi connectivity index (χ3v) is 7.03. The van der Waals surface area contributed by atoms with Crippen molar-refractivity contribution in [1.82, 2.24) is 10.2 Å². The Balaban J connectivity index is 2.24. The summed E-state index contributed by atoms with van der Waals surface area (Å²) in [5.74, 6) is -1.28. The van der Waals surface area contributed by atoms with E-state index in [1.54, 1.807) is 31.2 Å². The topological polar surface area (TPSA) is 86.8 Å². The highest BCUT2D eigenvalue weighted by Gasteiger charge is 2.29. The number of carbonyl (C=O) groups is 2. The molecule has 7 nitrogen and oxygen atoms in total. The molecule has 0 aromatic heterocycles. The smallest absolute Gasteiger partial charge is 0.242 e. The Morgan fingerprint density at radius 3 is 2.33 bits per heavy atom. The molecule has 0 aliphatic heterocycles. The Kier molecular flexibility index (Phi) is 10.2. The molecule has 0 aliphatic rings. The minimum Gasteiger partial charge on any atom is -0.350 e. The van der Waals surface area contributed by atoms with E-state index in [4.69, 9.17) is 23.2 Å². The number of benzene rings is 2. The lowest BCUT2D eigenvalue weighted by Crippen LogP contribution is -2.52. The van der Waals surface area contributed by atoms with Crippen molar-refractivity contribution in [3.05, 3.63) is 63.9 Å². The van der Waals surface area contributed by atoms with Gasteiger partial charge in [0.2, 0.25) is 21.8 Å². The van der Waals surface area contributed by atoms with Gasteiger partial charge in [0.05, 0.1) is 17.0 Å². The van der Waals surface area contributed by atoms with E-state index in [1.807, 2.05) is 20.8 Å².